The predicted molar refractivity (Wildman–Crippen MR) is 69.5 cm³/mol. The standard InChI is InChI=1S/C12H16N2O2S/c1-8-6-14(7-9(2)17-8)12(16)10-3-4-13-11(15)5-10/h3-5,8-9H,6-7H2,1-2H3,(H,13,15). The smallest absolute Gasteiger partial charge is 0.254 e. The number of carbonyl (C=O) groups is 1. The van der Waals surface area contributed by atoms with Crippen molar-refractivity contribution >= 4 is 17.7 Å². The molecular weight excluding hydrogens is 236 g/mol. The van der Waals surface area contributed by atoms with E-state index in [1.54, 1.807) is 6.07 Å². The molecule has 0 saturated carbocycles. The molecule has 0 bridgehead atoms. The van der Waals surface area contributed by atoms with Gasteiger partial charge in [0, 0.05) is 41.4 Å². The first-order chi connectivity index (χ1) is 8.06. The summed E-state index contributed by atoms with van der Waals surface area (Å²) in [4.78, 5) is 27.7. The number of thioether (sulfide) groups is 1. The van der Waals surface area contributed by atoms with Crippen LogP contribution in [0.1, 0.15) is 24.2 Å². The van der Waals surface area contributed by atoms with Crippen molar-refractivity contribution < 1.29 is 4.79 Å². The number of aromatic nitrogens is 1. The Morgan fingerprint density at radius 3 is 2.65 bits per heavy atom. The second kappa shape index (κ2) is 4.96. The van der Waals surface area contributed by atoms with Crippen LogP contribution in [-0.2, 0) is 0 Å². The third-order valence-corrected chi connectivity index (χ3v) is 3.96. The highest BCUT2D eigenvalue weighted by atomic mass is 32.2. The molecule has 1 amide bonds. The number of hydrogen-bond acceptors (Lipinski definition) is 3. The van der Waals surface area contributed by atoms with E-state index in [0.29, 0.717) is 16.1 Å². The Hall–Kier alpha value is -1.23. The number of nitrogens with zero attached hydrogens (tertiary/aromatic N) is 1. The van der Waals surface area contributed by atoms with E-state index >= 15 is 0 Å². The largest absolute Gasteiger partial charge is 0.336 e. The molecule has 1 N–H and O–H groups in total. The molecule has 1 aromatic rings. The average Bonchev–Trinajstić information content (AvgIpc) is 2.26. The van der Waals surface area contributed by atoms with Crippen molar-refractivity contribution in [3.8, 4) is 0 Å². The summed E-state index contributed by atoms with van der Waals surface area (Å²) in [6.07, 6.45) is 1.52. The lowest BCUT2D eigenvalue weighted by atomic mass is 10.2. The van der Waals surface area contributed by atoms with Crippen molar-refractivity contribution in [1.82, 2.24) is 9.88 Å². The number of carbonyl (C=O) groups excluding carboxylic acids is 1. The molecule has 5 heteroatoms. The zero-order valence-electron chi connectivity index (χ0n) is 9.97. The predicted octanol–water partition coefficient (Wildman–Crippen LogP) is 1.34. The van der Waals surface area contributed by atoms with Gasteiger partial charge >= 0.3 is 0 Å². The Morgan fingerprint density at radius 2 is 2.06 bits per heavy atom. The van der Waals surface area contributed by atoms with E-state index < -0.39 is 0 Å². The fourth-order valence-corrected chi connectivity index (χ4v) is 3.43. The van der Waals surface area contributed by atoms with Crippen LogP contribution in [0.4, 0.5) is 0 Å². The fourth-order valence-electron chi connectivity index (χ4n) is 2.10. The number of hydrogen-bond donors (Lipinski definition) is 1. The summed E-state index contributed by atoms with van der Waals surface area (Å²) in [6.45, 7) is 5.75. The Labute approximate surface area is 104 Å². The summed E-state index contributed by atoms with van der Waals surface area (Å²) in [6, 6.07) is 3.01. The minimum Gasteiger partial charge on any atom is -0.336 e. The molecule has 92 valence electrons. The van der Waals surface area contributed by atoms with Crippen LogP contribution < -0.4 is 5.56 Å². The van der Waals surface area contributed by atoms with Crippen molar-refractivity contribution in [3.63, 3.8) is 0 Å². The molecule has 1 aliphatic rings. The van der Waals surface area contributed by atoms with E-state index in [1.165, 1.54) is 12.3 Å². The van der Waals surface area contributed by atoms with E-state index in [0.717, 1.165) is 13.1 Å². The highest BCUT2D eigenvalue weighted by Crippen LogP contribution is 2.25. The third kappa shape index (κ3) is 2.91. The minimum absolute atomic E-state index is 0.0462. The number of nitrogens with one attached hydrogen (secondary N) is 1. The van der Waals surface area contributed by atoms with Crippen molar-refractivity contribution in [1.29, 1.82) is 0 Å². The molecule has 2 atom stereocenters. The van der Waals surface area contributed by atoms with Gasteiger partial charge in [-0.05, 0) is 6.07 Å². The molecule has 1 aromatic heterocycles. The number of pyridine rings is 1. The summed E-state index contributed by atoms with van der Waals surface area (Å²) in [7, 11) is 0. The molecule has 2 rings (SSSR count). The highest BCUT2D eigenvalue weighted by molar-refractivity contribution is 8.00. The summed E-state index contributed by atoms with van der Waals surface area (Å²) in [5.74, 6) is -0.0462. The average molecular weight is 252 g/mol. The molecule has 1 aliphatic heterocycles. The van der Waals surface area contributed by atoms with Gasteiger partial charge in [0.1, 0.15) is 0 Å². The van der Waals surface area contributed by atoms with Gasteiger partial charge in [-0.3, -0.25) is 9.59 Å². The maximum absolute atomic E-state index is 12.2. The van der Waals surface area contributed by atoms with Crippen molar-refractivity contribution in [2.24, 2.45) is 0 Å². The van der Waals surface area contributed by atoms with Crippen molar-refractivity contribution in [2.45, 2.75) is 24.3 Å². The lowest BCUT2D eigenvalue weighted by Gasteiger charge is -2.34. The second-order valence-corrected chi connectivity index (χ2v) is 6.29. The van der Waals surface area contributed by atoms with Gasteiger partial charge in [0.2, 0.25) is 5.56 Å². The molecule has 0 spiro atoms. The summed E-state index contributed by atoms with van der Waals surface area (Å²) in [5.41, 5.74) is 0.239. The van der Waals surface area contributed by atoms with Crippen LogP contribution in [0.25, 0.3) is 0 Å². The van der Waals surface area contributed by atoms with E-state index in [1.807, 2.05) is 16.7 Å². The number of rotatable bonds is 1. The minimum atomic E-state index is -0.233. The first kappa shape index (κ1) is 12.2. The van der Waals surface area contributed by atoms with Crippen LogP contribution in [0.3, 0.4) is 0 Å². The second-order valence-electron chi connectivity index (χ2n) is 4.41. The molecule has 0 aliphatic carbocycles. The van der Waals surface area contributed by atoms with Crippen molar-refractivity contribution in [3.05, 3.63) is 34.2 Å². The van der Waals surface area contributed by atoms with Gasteiger partial charge in [0.05, 0.1) is 0 Å². The molecular formula is C12H16N2O2S. The lowest BCUT2D eigenvalue weighted by molar-refractivity contribution is 0.0753. The number of amides is 1. The van der Waals surface area contributed by atoms with Gasteiger partial charge < -0.3 is 9.88 Å². The van der Waals surface area contributed by atoms with E-state index in [2.05, 4.69) is 18.8 Å². The maximum Gasteiger partial charge on any atom is 0.254 e. The van der Waals surface area contributed by atoms with Gasteiger partial charge in [-0.2, -0.15) is 11.8 Å². The van der Waals surface area contributed by atoms with Crippen LogP contribution in [0.2, 0.25) is 0 Å². The normalized spacial score (nSPS) is 24.7. The molecule has 17 heavy (non-hydrogen) atoms. The van der Waals surface area contributed by atoms with Gasteiger partial charge in [0.15, 0.2) is 0 Å². The molecule has 4 nitrogen and oxygen atoms in total. The van der Waals surface area contributed by atoms with Crippen LogP contribution in [0, 0.1) is 0 Å². The number of H-pyrrole nitrogens is 1. The van der Waals surface area contributed by atoms with E-state index in [4.69, 9.17) is 0 Å². The van der Waals surface area contributed by atoms with Crippen LogP contribution in [0.5, 0.6) is 0 Å². The van der Waals surface area contributed by atoms with Crippen LogP contribution >= 0.6 is 11.8 Å². The van der Waals surface area contributed by atoms with Gasteiger partial charge in [-0.15, -0.1) is 0 Å². The molecule has 0 radical (unpaired) electrons. The Kier molecular flexibility index (Phi) is 3.57. The van der Waals surface area contributed by atoms with Gasteiger partial charge in [-0.25, -0.2) is 0 Å². The first-order valence-electron chi connectivity index (χ1n) is 5.69. The van der Waals surface area contributed by atoms with Gasteiger partial charge in [-0.1, -0.05) is 13.8 Å². The monoisotopic (exact) mass is 252 g/mol. The summed E-state index contributed by atoms with van der Waals surface area (Å²) in [5, 5.41) is 0.898. The lowest BCUT2D eigenvalue weighted by Crippen LogP contribution is -2.44. The summed E-state index contributed by atoms with van der Waals surface area (Å²) < 4.78 is 0. The fraction of sp³-hybridized carbons (Fsp3) is 0.500. The van der Waals surface area contributed by atoms with Crippen molar-refractivity contribution in [2.75, 3.05) is 13.1 Å². The quantitative estimate of drug-likeness (QED) is 0.820. The molecule has 0 aromatic carbocycles. The van der Waals surface area contributed by atoms with E-state index in [9.17, 15) is 9.59 Å². The molecule has 1 saturated heterocycles. The van der Waals surface area contributed by atoms with Crippen LogP contribution in [-0.4, -0.2) is 39.4 Å². The molecule has 2 heterocycles. The highest BCUT2D eigenvalue weighted by Gasteiger charge is 2.26. The summed E-state index contributed by atoms with van der Waals surface area (Å²) >= 11 is 1.90. The third-order valence-electron chi connectivity index (χ3n) is 2.73. The Balaban J connectivity index is 2.17. The topological polar surface area (TPSA) is 53.2 Å². The Bertz CT molecular complexity index is 462. The zero-order chi connectivity index (χ0) is 12.4. The maximum atomic E-state index is 12.2. The Morgan fingerprint density at radius 1 is 1.41 bits per heavy atom. The van der Waals surface area contributed by atoms with E-state index in [-0.39, 0.29) is 11.5 Å². The molecule has 1 fully saturated rings. The first-order valence-corrected chi connectivity index (χ1v) is 6.64. The number of aromatic amines is 1. The molecule has 2 unspecified atom stereocenters. The zero-order valence-corrected chi connectivity index (χ0v) is 10.8. The van der Waals surface area contributed by atoms with Gasteiger partial charge in [0.25, 0.3) is 5.91 Å². The SMILES string of the molecule is CC1CN(C(=O)c2cc[nH]c(=O)c2)CC(C)S1. The van der Waals surface area contributed by atoms with Crippen LogP contribution in [0.15, 0.2) is 23.1 Å².